The maximum Gasteiger partial charge on any atom is 0.325 e. The Bertz CT molecular complexity index is 1890. The van der Waals surface area contributed by atoms with Crippen molar-refractivity contribution in [2.75, 3.05) is 0 Å². The minimum Gasteiger partial charge on any atom is -0.480 e. The van der Waals surface area contributed by atoms with Gasteiger partial charge in [0.05, 0.1) is 16.3 Å². The number of aryl methyl sites for hydroxylation is 2. The van der Waals surface area contributed by atoms with Gasteiger partial charge in [-0.2, -0.15) is 5.10 Å². The quantitative estimate of drug-likeness (QED) is 0.171. The number of hydrogen-bond acceptors (Lipinski definition) is 7. The molecule has 2 aromatic carbocycles. The summed E-state index contributed by atoms with van der Waals surface area (Å²) in [5.74, 6) is -1.58. The highest BCUT2D eigenvalue weighted by Gasteiger charge is 2.26. The molecule has 0 saturated heterocycles. The first-order chi connectivity index (χ1) is 22.3. The minimum atomic E-state index is -1.16. The summed E-state index contributed by atoms with van der Waals surface area (Å²) in [6.07, 6.45) is 3.72. The Morgan fingerprint density at radius 3 is 2.06 bits per heavy atom. The number of carbonyl (C=O) groups is 3. The topological polar surface area (TPSA) is 139 Å². The molecule has 2 atom stereocenters. The van der Waals surface area contributed by atoms with Gasteiger partial charge in [-0.05, 0) is 67.6 Å². The standard InChI is InChI=1S/C36H38N6O4S/c1-21-17-22(2)42(41-21)28-13-11-25(12-14-28)27-19-37-32(38-20-27)26-9-7-24(8-10-26)18-29(33(43)39-23(3)35(45)46)40-34(44)30-15-16-31(47-30)36(4,5)6/h7-17,19-20,23,29H,18H2,1-6H3,(H,39,43)(H,40,44)(H,45,46). The van der Waals surface area contributed by atoms with Gasteiger partial charge < -0.3 is 15.7 Å². The number of aliphatic carboxylic acids is 1. The predicted molar refractivity (Wildman–Crippen MR) is 183 cm³/mol. The van der Waals surface area contributed by atoms with Crippen LogP contribution in [0.5, 0.6) is 0 Å². The second-order valence-electron chi connectivity index (χ2n) is 12.6. The van der Waals surface area contributed by atoms with Crippen LogP contribution in [0.3, 0.4) is 0 Å². The smallest absolute Gasteiger partial charge is 0.325 e. The molecule has 242 valence electrons. The summed E-state index contributed by atoms with van der Waals surface area (Å²) in [7, 11) is 0. The Morgan fingerprint density at radius 1 is 0.872 bits per heavy atom. The second-order valence-corrected chi connectivity index (χ2v) is 13.7. The van der Waals surface area contributed by atoms with Crippen molar-refractivity contribution in [1.82, 2.24) is 30.4 Å². The summed E-state index contributed by atoms with van der Waals surface area (Å²) >= 11 is 1.37. The predicted octanol–water partition coefficient (Wildman–Crippen LogP) is 5.90. The van der Waals surface area contributed by atoms with Gasteiger partial charge in [-0.25, -0.2) is 14.6 Å². The number of thiophene rings is 1. The van der Waals surface area contributed by atoms with Gasteiger partial charge in [-0.15, -0.1) is 11.3 Å². The molecule has 5 rings (SSSR count). The van der Waals surface area contributed by atoms with E-state index in [4.69, 9.17) is 0 Å². The molecule has 5 aromatic rings. The molecule has 0 aliphatic heterocycles. The third-order valence-corrected chi connectivity index (χ3v) is 9.19. The van der Waals surface area contributed by atoms with Crippen LogP contribution in [0.2, 0.25) is 0 Å². The van der Waals surface area contributed by atoms with Crippen molar-refractivity contribution in [1.29, 1.82) is 0 Å². The molecule has 0 aliphatic rings. The molecule has 3 N–H and O–H groups in total. The zero-order valence-electron chi connectivity index (χ0n) is 27.2. The van der Waals surface area contributed by atoms with Crippen molar-refractivity contribution >= 4 is 29.1 Å². The van der Waals surface area contributed by atoms with Crippen molar-refractivity contribution in [3.05, 3.63) is 106 Å². The maximum atomic E-state index is 13.2. The summed E-state index contributed by atoms with van der Waals surface area (Å²) in [5, 5.41) is 19.1. The lowest BCUT2D eigenvalue weighted by molar-refractivity contribution is -0.141. The highest BCUT2D eigenvalue weighted by Crippen LogP contribution is 2.29. The van der Waals surface area contributed by atoms with Gasteiger partial charge >= 0.3 is 5.97 Å². The Labute approximate surface area is 277 Å². The molecule has 3 aromatic heterocycles. The second kappa shape index (κ2) is 13.7. The molecule has 0 saturated carbocycles. The average molecular weight is 651 g/mol. The van der Waals surface area contributed by atoms with Crippen LogP contribution >= 0.6 is 11.3 Å². The van der Waals surface area contributed by atoms with Gasteiger partial charge in [0, 0.05) is 40.5 Å². The number of carbonyl (C=O) groups excluding carboxylic acids is 2. The van der Waals surface area contributed by atoms with E-state index in [1.54, 1.807) is 18.5 Å². The van der Waals surface area contributed by atoms with E-state index < -0.39 is 24.0 Å². The molecule has 2 amide bonds. The van der Waals surface area contributed by atoms with Crippen LogP contribution < -0.4 is 10.6 Å². The number of carboxylic acid groups (broad SMARTS) is 1. The molecule has 2 unspecified atom stereocenters. The molecule has 3 heterocycles. The van der Waals surface area contributed by atoms with E-state index in [2.05, 4.69) is 46.5 Å². The van der Waals surface area contributed by atoms with Gasteiger partial charge in [0.2, 0.25) is 5.91 Å². The first kappa shape index (κ1) is 33.2. The van der Waals surface area contributed by atoms with Crippen molar-refractivity contribution in [2.45, 2.75) is 65.5 Å². The van der Waals surface area contributed by atoms with E-state index in [9.17, 15) is 19.5 Å². The van der Waals surface area contributed by atoms with Crippen LogP contribution in [0.25, 0.3) is 28.2 Å². The minimum absolute atomic E-state index is 0.117. The molecular weight excluding hydrogens is 613 g/mol. The van der Waals surface area contributed by atoms with E-state index in [1.807, 2.05) is 79.2 Å². The van der Waals surface area contributed by atoms with E-state index in [0.717, 1.165) is 44.2 Å². The van der Waals surface area contributed by atoms with E-state index >= 15 is 0 Å². The summed E-state index contributed by atoms with van der Waals surface area (Å²) in [6, 6.07) is 19.1. The highest BCUT2D eigenvalue weighted by molar-refractivity contribution is 7.14. The molecular formula is C36H38N6O4S. The van der Waals surface area contributed by atoms with Gasteiger partial charge in [0.1, 0.15) is 12.1 Å². The SMILES string of the molecule is Cc1cc(C)n(-c2ccc(-c3cnc(-c4ccc(CC(NC(=O)c5ccc(C(C)(C)C)s5)C(=O)NC(C)C(=O)O)cc4)nc3)cc2)n1. The fourth-order valence-electron chi connectivity index (χ4n) is 5.01. The molecule has 0 fully saturated rings. The summed E-state index contributed by atoms with van der Waals surface area (Å²) in [5.41, 5.74) is 6.33. The average Bonchev–Trinajstić information content (AvgIpc) is 3.68. The molecule has 0 bridgehead atoms. The molecule has 11 heteroatoms. The Morgan fingerprint density at radius 2 is 1.51 bits per heavy atom. The number of aromatic nitrogens is 4. The molecule has 0 aliphatic carbocycles. The Hall–Kier alpha value is -5.16. The van der Waals surface area contributed by atoms with E-state index in [0.29, 0.717) is 10.7 Å². The van der Waals surface area contributed by atoms with Crippen molar-refractivity contribution in [3.8, 4) is 28.2 Å². The van der Waals surface area contributed by atoms with Crippen LogP contribution in [0, 0.1) is 13.8 Å². The number of nitrogens with zero attached hydrogens (tertiary/aromatic N) is 4. The lowest BCUT2D eigenvalue weighted by atomic mass is 9.95. The molecule has 47 heavy (non-hydrogen) atoms. The Balaban J connectivity index is 1.28. The van der Waals surface area contributed by atoms with Crippen LogP contribution in [-0.2, 0) is 21.4 Å². The number of rotatable bonds is 10. The number of nitrogens with one attached hydrogen (secondary N) is 2. The fourth-order valence-corrected chi connectivity index (χ4v) is 5.98. The molecule has 0 radical (unpaired) electrons. The summed E-state index contributed by atoms with van der Waals surface area (Å²) in [6.45, 7) is 11.6. The van der Waals surface area contributed by atoms with Gasteiger partial charge in [-0.3, -0.25) is 14.4 Å². The summed E-state index contributed by atoms with van der Waals surface area (Å²) in [4.78, 5) is 48.4. The van der Waals surface area contributed by atoms with Gasteiger partial charge in [0.25, 0.3) is 5.91 Å². The van der Waals surface area contributed by atoms with E-state index in [-0.39, 0.29) is 17.7 Å². The van der Waals surface area contributed by atoms with Gasteiger partial charge in [0.15, 0.2) is 5.82 Å². The maximum absolute atomic E-state index is 13.2. The fraction of sp³-hybridized carbons (Fsp3) is 0.278. The van der Waals surface area contributed by atoms with Crippen LogP contribution in [0.1, 0.15) is 59.2 Å². The Kier molecular flexibility index (Phi) is 9.67. The number of amides is 2. The van der Waals surface area contributed by atoms with Gasteiger partial charge in [-0.1, -0.05) is 57.2 Å². The van der Waals surface area contributed by atoms with Crippen LogP contribution in [-0.4, -0.2) is 54.7 Å². The first-order valence-corrected chi connectivity index (χ1v) is 16.1. The first-order valence-electron chi connectivity index (χ1n) is 15.3. The summed E-state index contributed by atoms with van der Waals surface area (Å²) < 4.78 is 1.91. The largest absolute Gasteiger partial charge is 0.480 e. The monoisotopic (exact) mass is 650 g/mol. The molecule has 0 spiro atoms. The number of carboxylic acids is 1. The van der Waals surface area contributed by atoms with Crippen molar-refractivity contribution in [2.24, 2.45) is 0 Å². The van der Waals surface area contributed by atoms with Crippen LogP contribution in [0.4, 0.5) is 0 Å². The van der Waals surface area contributed by atoms with Crippen LogP contribution in [0.15, 0.2) is 79.1 Å². The number of benzene rings is 2. The zero-order valence-corrected chi connectivity index (χ0v) is 28.1. The van der Waals surface area contributed by atoms with E-state index in [1.165, 1.54) is 18.3 Å². The highest BCUT2D eigenvalue weighted by atomic mass is 32.1. The zero-order chi connectivity index (χ0) is 33.9. The normalized spacial score (nSPS) is 12.7. The van der Waals surface area contributed by atoms with Crippen molar-refractivity contribution < 1.29 is 19.5 Å². The van der Waals surface area contributed by atoms with Crippen molar-refractivity contribution in [3.63, 3.8) is 0 Å². The lowest BCUT2D eigenvalue weighted by Crippen LogP contribution is -2.51. The third kappa shape index (κ3) is 7.98. The molecule has 10 nitrogen and oxygen atoms in total. The number of hydrogen-bond donors (Lipinski definition) is 3. The third-order valence-electron chi connectivity index (χ3n) is 7.68. The lowest BCUT2D eigenvalue weighted by Gasteiger charge is -2.20.